The molecular formula is C11H22N6O2. The van der Waals surface area contributed by atoms with Gasteiger partial charge in [-0.15, -0.1) is 0 Å². The van der Waals surface area contributed by atoms with Crippen LogP contribution in [0.1, 0.15) is 25.7 Å². The minimum absolute atomic E-state index is 0.0563. The lowest BCUT2D eigenvalue weighted by molar-refractivity contribution is -0.0430. The molecule has 4 amide bonds. The second-order valence-electron chi connectivity index (χ2n) is 5.15. The van der Waals surface area contributed by atoms with Gasteiger partial charge in [0.15, 0.2) is 0 Å². The van der Waals surface area contributed by atoms with Crippen LogP contribution in [0, 0.1) is 0 Å². The topological polar surface area (TPSA) is 85.1 Å². The number of nitrogens with one attached hydrogen (secondary N) is 1. The predicted octanol–water partition coefficient (Wildman–Crippen LogP) is -0.0581. The molecule has 0 bridgehead atoms. The minimum atomic E-state index is -0.614. The summed E-state index contributed by atoms with van der Waals surface area (Å²) in [4.78, 5) is 26.0. The largest absolute Gasteiger partial charge is 0.356 e. The van der Waals surface area contributed by atoms with E-state index in [1.165, 1.54) is 15.0 Å². The maximum atomic E-state index is 12.5. The number of urea groups is 2. The highest BCUT2D eigenvalue weighted by Gasteiger charge is 2.50. The quantitative estimate of drug-likeness (QED) is 0.752. The fraction of sp³-hybridized carbons (Fsp3) is 0.818. The summed E-state index contributed by atoms with van der Waals surface area (Å²) in [6, 6.07) is -0.788. The van der Waals surface area contributed by atoms with Crippen molar-refractivity contribution in [2.24, 2.45) is 5.73 Å². The summed E-state index contributed by atoms with van der Waals surface area (Å²) >= 11 is 0. The van der Waals surface area contributed by atoms with Gasteiger partial charge < -0.3 is 5.73 Å². The van der Waals surface area contributed by atoms with Crippen LogP contribution in [0.25, 0.3) is 0 Å². The molecule has 19 heavy (non-hydrogen) atoms. The second kappa shape index (κ2) is 5.22. The molecule has 1 unspecified atom stereocenters. The smallest absolute Gasteiger partial charge is 0.350 e. The van der Waals surface area contributed by atoms with Crippen LogP contribution in [0.3, 0.4) is 0 Å². The van der Waals surface area contributed by atoms with Crippen molar-refractivity contribution in [2.75, 3.05) is 21.1 Å². The van der Waals surface area contributed by atoms with Crippen molar-refractivity contribution in [1.29, 1.82) is 0 Å². The molecule has 1 saturated heterocycles. The fourth-order valence-corrected chi connectivity index (χ4v) is 2.88. The van der Waals surface area contributed by atoms with Crippen molar-refractivity contribution in [3.8, 4) is 0 Å². The van der Waals surface area contributed by atoms with Gasteiger partial charge in [0.25, 0.3) is 0 Å². The number of carbonyl (C=O) groups is 2. The molecule has 1 aliphatic carbocycles. The summed E-state index contributed by atoms with van der Waals surface area (Å²) < 4.78 is 0. The van der Waals surface area contributed by atoms with Crippen LogP contribution in [-0.2, 0) is 0 Å². The Labute approximate surface area is 113 Å². The van der Waals surface area contributed by atoms with Crippen LogP contribution in [0.5, 0.6) is 0 Å². The third-order valence-corrected chi connectivity index (χ3v) is 3.68. The van der Waals surface area contributed by atoms with Crippen molar-refractivity contribution in [2.45, 2.75) is 38.0 Å². The number of hydrazine groups is 2. The zero-order valence-electron chi connectivity index (χ0n) is 11.7. The number of hydrogen-bond acceptors (Lipinski definition) is 4. The monoisotopic (exact) mass is 270 g/mol. The standard InChI is InChI=1S/C11H22N6O2/c1-13-15-10(14(2)3)17(9(12)18)16(11(15)19)8-6-4-5-7-8/h8,10,13H,4-7H2,1-3H3,(H2,12,18). The van der Waals surface area contributed by atoms with Crippen molar-refractivity contribution in [3.05, 3.63) is 0 Å². The summed E-state index contributed by atoms with van der Waals surface area (Å²) in [6.45, 7) is 0. The lowest BCUT2D eigenvalue weighted by Gasteiger charge is -2.35. The van der Waals surface area contributed by atoms with Crippen LogP contribution >= 0.6 is 0 Å². The number of hydrogen-bond donors (Lipinski definition) is 2. The normalized spacial score (nSPS) is 24.9. The lowest BCUT2D eigenvalue weighted by atomic mass is 10.2. The number of nitrogens with two attached hydrogens (primary N) is 1. The summed E-state index contributed by atoms with van der Waals surface area (Å²) in [5.41, 5.74) is 8.31. The van der Waals surface area contributed by atoms with Gasteiger partial charge in [-0.25, -0.2) is 25.0 Å². The van der Waals surface area contributed by atoms with E-state index in [1.54, 1.807) is 26.0 Å². The molecule has 8 nitrogen and oxygen atoms in total. The third kappa shape index (κ3) is 2.21. The van der Waals surface area contributed by atoms with Crippen molar-refractivity contribution in [3.63, 3.8) is 0 Å². The van der Waals surface area contributed by atoms with Crippen LogP contribution in [0.2, 0.25) is 0 Å². The molecule has 8 heteroatoms. The molecule has 2 fully saturated rings. The van der Waals surface area contributed by atoms with Crippen molar-refractivity contribution < 1.29 is 9.59 Å². The molecule has 108 valence electrons. The van der Waals surface area contributed by atoms with Gasteiger partial charge in [0.05, 0.1) is 6.04 Å². The van der Waals surface area contributed by atoms with Crippen molar-refractivity contribution >= 4 is 12.1 Å². The van der Waals surface area contributed by atoms with Gasteiger partial charge in [-0.2, -0.15) is 5.01 Å². The van der Waals surface area contributed by atoms with Crippen LogP contribution in [0.4, 0.5) is 9.59 Å². The van der Waals surface area contributed by atoms with Gasteiger partial charge >= 0.3 is 12.1 Å². The van der Waals surface area contributed by atoms with Crippen molar-refractivity contribution in [1.82, 2.24) is 25.4 Å². The maximum Gasteiger partial charge on any atom is 0.356 e. The van der Waals surface area contributed by atoms with E-state index in [0.717, 1.165) is 25.7 Å². The third-order valence-electron chi connectivity index (χ3n) is 3.68. The van der Waals surface area contributed by atoms with E-state index < -0.39 is 12.3 Å². The van der Waals surface area contributed by atoms with E-state index in [1.807, 2.05) is 0 Å². The molecule has 1 aliphatic heterocycles. The molecule has 0 radical (unpaired) electrons. The molecule has 0 spiro atoms. The highest BCUT2D eigenvalue weighted by molar-refractivity contribution is 5.83. The Hall–Kier alpha value is -1.54. The summed E-state index contributed by atoms with van der Waals surface area (Å²) in [5.74, 6) is 0. The Bertz CT molecular complexity index is 368. The van der Waals surface area contributed by atoms with E-state index in [-0.39, 0.29) is 12.1 Å². The van der Waals surface area contributed by atoms with Crippen LogP contribution < -0.4 is 11.2 Å². The summed E-state index contributed by atoms with van der Waals surface area (Å²) in [6.07, 6.45) is 3.44. The molecule has 2 rings (SSSR count). The lowest BCUT2D eigenvalue weighted by Crippen LogP contribution is -2.58. The molecule has 0 aromatic rings. The maximum absolute atomic E-state index is 12.5. The molecule has 3 N–H and O–H groups in total. The van der Waals surface area contributed by atoms with Gasteiger partial charge in [-0.3, -0.25) is 4.90 Å². The first-order valence-corrected chi connectivity index (χ1v) is 6.54. The Morgan fingerprint density at radius 2 is 1.95 bits per heavy atom. The average molecular weight is 270 g/mol. The van der Waals surface area contributed by atoms with Gasteiger partial charge in [0, 0.05) is 7.05 Å². The predicted molar refractivity (Wildman–Crippen MR) is 69.3 cm³/mol. The number of rotatable bonds is 3. The van der Waals surface area contributed by atoms with Crippen LogP contribution in [0.15, 0.2) is 0 Å². The highest BCUT2D eigenvalue weighted by Crippen LogP contribution is 2.31. The van der Waals surface area contributed by atoms with Gasteiger partial charge in [0.2, 0.25) is 6.29 Å². The number of primary amides is 1. The minimum Gasteiger partial charge on any atom is -0.350 e. The molecule has 0 aromatic heterocycles. The highest BCUT2D eigenvalue weighted by atomic mass is 16.2. The molecule has 1 heterocycles. The number of amides is 4. The average Bonchev–Trinajstić information content (AvgIpc) is 2.93. The molecule has 2 aliphatic rings. The van der Waals surface area contributed by atoms with E-state index in [4.69, 9.17) is 5.73 Å². The SMILES string of the molecule is CNN1C(=O)N(C2CCCC2)N(C(N)=O)C1N(C)C. The first kappa shape index (κ1) is 13.9. The summed E-state index contributed by atoms with van der Waals surface area (Å²) in [5, 5.41) is 4.27. The number of nitrogens with zero attached hydrogens (tertiary/aromatic N) is 4. The Balaban J connectivity index is 2.34. The van der Waals surface area contributed by atoms with Gasteiger partial charge in [-0.1, -0.05) is 12.8 Å². The molecular weight excluding hydrogens is 248 g/mol. The first-order valence-electron chi connectivity index (χ1n) is 6.54. The molecule has 1 saturated carbocycles. The summed E-state index contributed by atoms with van der Waals surface area (Å²) in [7, 11) is 5.26. The Morgan fingerprint density at radius 1 is 1.37 bits per heavy atom. The molecule has 1 atom stereocenters. The fourth-order valence-electron chi connectivity index (χ4n) is 2.88. The van der Waals surface area contributed by atoms with E-state index in [2.05, 4.69) is 5.43 Å². The van der Waals surface area contributed by atoms with Crippen LogP contribution in [-0.4, -0.2) is 65.5 Å². The van der Waals surface area contributed by atoms with E-state index in [0.29, 0.717) is 0 Å². The Kier molecular flexibility index (Phi) is 3.81. The first-order chi connectivity index (χ1) is 8.99. The molecule has 0 aromatic carbocycles. The van der Waals surface area contributed by atoms with E-state index >= 15 is 0 Å². The van der Waals surface area contributed by atoms with Gasteiger partial charge in [-0.05, 0) is 26.9 Å². The van der Waals surface area contributed by atoms with Gasteiger partial charge in [0.1, 0.15) is 0 Å². The number of carbonyl (C=O) groups excluding carboxylic acids is 2. The van der Waals surface area contributed by atoms with E-state index in [9.17, 15) is 9.59 Å². The second-order valence-corrected chi connectivity index (χ2v) is 5.15. The zero-order chi connectivity index (χ0) is 14.2. The Morgan fingerprint density at radius 3 is 2.37 bits per heavy atom. The zero-order valence-corrected chi connectivity index (χ0v) is 11.7.